The summed E-state index contributed by atoms with van der Waals surface area (Å²) in [5.74, 6) is 0.526. The molecule has 0 radical (unpaired) electrons. The van der Waals surface area contributed by atoms with Crippen molar-refractivity contribution in [3.8, 4) is 0 Å². The van der Waals surface area contributed by atoms with Crippen LogP contribution in [0.3, 0.4) is 0 Å². The number of rotatable bonds is 6. The molecule has 0 saturated carbocycles. The van der Waals surface area contributed by atoms with Crippen LogP contribution in [0.25, 0.3) is 0 Å². The SMILES string of the molecule is CC[C@H]([I-]C)C(NC)C(=O)C(C)C. The van der Waals surface area contributed by atoms with Gasteiger partial charge in [-0.05, 0) is 0 Å². The fraction of sp³-hybridized carbons (Fsp3) is 0.900. The summed E-state index contributed by atoms with van der Waals surface area (Å²) in [7, 11) is 1.90. The molecule has 0 aromatic carbocycles. The van der Waals surface area contributed by atoms with Gasteiger partial charge in [0.2, 0.25) is 0 Å². The van der Waals surface area contributed by atoms with Crippen molar-refractivity contribution in [1.82, 2.24) is 5.32 Å². The second-order valence-corrected chi connectivity index (χ2v) is 6.31. The summed E-state index contributed by atoms with van der Waals surface area (Å²) in [5.41, 5.74) is 0. The molecule has 0 aliphatic carbocycles. The quantitative estimate of drug-likeness (QED) is 0.468. The number of nitrogens with one attached hydrogen (secondary N) is 1. The van der Waals surface area contributed by atoms with Crippen molar-refractivity contribution in [1.29, 1.82) is 0 Å². The fourth-order valence-electron chi connectivity index (χ4n) is 1.38. The standard InChI is InChI=1S/C10H21INO/c1-6-8(11-4)9(12-5)10(13)7(2)3/h7-9,12H,6H2,1-5H3/q-1/t8-,9?/m0/s1. The molecule has 0 aliphatic rings. The maximum atomic E-state index is 11.8. The van der Waals surface area contributed by atoms with Crippen LogP contribution in [0.15, 0.2) is 0 Å². The van der Waals surface area contributed by atoms with Gasteiger partial charge in [0, 0.05) is 0 Å². The summed E-state index contributed by atoms with van der Waals surface area (Å²) in [6.45, 7) is 6.13. The first-order valence-corrected chi connectivity index (χ1v) is 8.17. The summed E-state index contributed by atoms with van der Waals surface area (Å²) >= 11 is 0.152. The van der Waals surface area contributed by atoms with Crippen LogP contribution in [0.4, 0.5) is 0 Å². The molecule has 0 aliphatic heterocycles. The monoisotopic (exact) mass is 298 g/mol. The van der Waals surface area contributed by atoms with Gasteiger partial charge in [0.25, 0.3) is 0 Å². The molecule has 0 heterocycles. The van der Waals surface area contributed by atoms with E-state index in [0.717, 1.165) is 6.42 Å². The molecule has 0 saturated heterocycles. The summed E-state index contributed by atoms with van der Waals surface area (Å²) in [4.78, 5) is 14.0. The predicted octanol–water partition coefficient (Wildman–Crippen LogP) is -1.70. The molecule has 2 nitrogen and oxygen atoms in total. The van der Waals surface area contributed by atoms with Crippen molar-refractivity contribution >= 4 is 5.78 Å². The predicted molar refractivity (Wildman–Crippen MR) is 52.7 cm³/mol. The van der Waals surface area contributed by atoms with Gasteiger partial charge in [-0.2, -0.15) is 0 Å². The van der Waals surface area contributed by atoms with Crippen LogP contribution in [-0.2, 0) is 4.79 Å². The third-order valence-electron chi connectivity index (χ3n) is 2.22. The number of carbonyl (C=O) groups is 1. The Balaban J connectivity index is 4.38. The fourth-order valence-corrected chi connectivity index (χ4v) is 3.69. The van der Waals surface area contributed by atoms with Crippen LogP contribution < -0.4 is 26.5 Å². The molecule has 0 fully saturated rings. The first-order chi connectivity index (χ1) is 6.08. The van der Waals surface area contributed by atoms with Gasteiger partial charge >= 0.3 is 92.2 Å². The first-order valence-electron chi connectivity index (χ1n) is 4.77. The molecule has 0 amide bonds. The summed E-state index contributed by atoms with van der Waals surface area (Å²) in [5, 5.41) is 3.16. The molecule has 0 aromatic rings. The van der Waals surface area contributed by atoms with Gasteiger partial charge in [-0.25, -0.2) is 0 Å². The van der Waals surface area contributed by atoms with Gasteiger partial charge < -0.3 is 0 Å². The molecule has 2 atom stereocenters. The van der Waals surface area contributed by atoms with Crippen LogP contribution >= 0.6 is 0 Å². The molecular formula is C10H21INO-. The van der Waals surface area contributed by atoms with Crippen molar-refractivity contribution in [2.75, 3.05) is 12.0 Å². The van der Waals surface area contributed by atoms with E-state index in [1.807, 2.05) is 20.9 Å². The van der Waals surface area contributed by atoms with Crippen LogP contribution in [0.2, 0.25) is 0 Å². The van der Waals surface area contributed by atoms with Gasteiger partial charge in [0.15, 0.2) is 0 Å². The van der Waals surface area contributed by atoms with Gasteiger partial charge in [-0.1, -0.05) is 0 Å². The number of likely N-dealkylation sites (N-methyl/N-ethyl adjacent to an activating group) is 1. The van der Waals surface area contributed by atoms with E-state index in [1.54, 1.807) is 0 Å². The van der Waals surface area contributed by atoms with Crippen molar-refractivity contribution in [2.24, 2.45) is 5.92 Å². The van der Waals surface area contributed by atoms with Crippen molar-refractivity contribution in [3.63, 3.8) is 0 Å². The Morgan fingerprint density at radius 2 is 2.00 bits per heavy atom. The van der Waals surface area contributed by atoms with Crippen LogP contribution in [-0.4, -0.2) is 27.7 Å². The van der Waals surface area contributed by atoms with Crippen LogP contribution in [0.1, 0.15) is 27.2 Å². The molecule has 80 valence electrons. The third-order valence-corrected chi connectivity index (χ3v) is 5.42. The Hall–Kier alpha value is 0.360. The number of alkyl halides is 2. The Labute approximate surface area is 92.1 Å². The number of hydrogen-bond acceptors (Lipinski definition) is 2. The van der Waals surface area contributed by atoms with Crippen molar-refractivity contribution in [2.45, 2.75) is 37.2 Å². The van der Waals surface area contributed by atoms with Gasteiger partial charge in [0.05, 0.1) is 0 Å². The van der Waals surface area contributed by atoms with Crippen molar-refractivity contribution < 1.29 is 26.0 Å². The number of carbonyl (C=O) groups excluding carboxylic acids is 1. The number of halogens is 1. The van der Waals surface area contributed by atoms with Crippen LogP contribution in [0, 0.1) is 5.92 Å². The zero-order valence-corrected chi connectivity index (χ0v) is 11.4. The van der Waals surface area contributed by atoms with E-state index >= 15 is 0 Å². The minimum absolute atomic E-state index is 0.0998. The second-order valence-electron chi connectivity index (χ2n) is 3.47. The molecule has 1 N–H and O–H groups in total. The average molecular weight is 298 g/mol. The minimum atomic E-state index is 0.0998. The zero-order chi connectivity index (χ0) is 10.4. The van der Waals surface area contributed by atoms with E-state index in [9.17, 15) is 4.79 Å². The zero-order valence-electron chi connectivity index (χ0n) is 9.23. The van der Waals surface area contributed by atoms with Gasteiger partial charge in [-0.3, -0.25) is 0 Å². The van der Waals surface area contributed by atoms with Gasteiger partial charge in [0.1, 0.15) is 0 Å². The first kappa shape index (κ1) is 13.4. The van der Waals surface area contributed by atoms with Crippen molar-refractivity contribution in [3.05, 3.63) is 0 Å². The third kappa shape index (κ3) is 3.94. The Morgan fingerprint density at radius 3 is 2.23 bits per heavy atom. The maximum absolute atomic E-state index is 11.8. The van der Waals surface area contributed by atoms with E-state index in [2.05, 4.69) is 17.2 Å². The molecular weight excluding hydrogens is 277 g/mol. The van der Waals surface area contributed by atoms with Crippen LogP contribution in [0.5, 0.6) is 0 Å². The molecule has 0 rings (SSSR count). The van der Waals surface area contributed by atoms with E-state index in [0.29, 0.717) is 9.71 Å². The van der Waals surface area contributed by atoms with E-state index in [1.165, 1.54) is 0 Å². The molecule has 3 heteroatoms. The van der Waals surface area contributed by atoms with E-state index < -0.39 is 0 Å². The van der Waals surface area contributed by atoms with Gasteiger partial charge in [-0.15, -0.1) is 0 Å². The average Bonchev–Trinajstić information content (AvgIpc) is 2.12. The Bertz CT molecular complexity index is 155. The molecule has 0 bridgehead atoms. The Kier molecular flexibility index (Phi) is 6.95. The van der Waals surface area contributed by atoms with E-state index in [-0.39, 0.29) is 33.2 Å². The second kappa shape index (κ2) is 6.76. The normalized spacial score (nSPS) is 16.2. The number of Topliss-reactive ketones (excluding diaryl/α,β-unsaturated/α-hetero) is 1. The molecule has 0 aromatic heterocycles. The molecule has 13 heavy (non-hydrogen) atoms. The summed E-state index contributed by atoms with van der Waals surface area (Å²) in [6, 6.07) is 0.0998. The molecule has 1 unspecified atom stereocenters. The summed E-state index contributed by atoms with van der Waals surface area (Å²) < 4.78 is 0.596. The number of hydrogen-bond donors (Lipinski definition) is 1. The summed E-state index contributed by atoms with van der Waals surface area (Å²) in [6.07, 6.45) is 1.12. The topological polar surface area (TPSA) is 29.1 Å². The van der Waals surface area contributed by atoms with E-state index in [4.69, 9.17) is 0 Å². The Morgan fingerprint density at radius 1 is 1.46 bits per heavy atom. The molecule has 0 spiro atoms. The number of ketones is 1.